The monoisotopic (exact) mass is 269 g/mol. The summed E-state index contributed by atoms with van der Waals surface area (Å²) in [5.74, 6) is 0.0547. The number of halogens is 1. The molecule has 0 radical (unpaired) electrons. The lowest BCUT2D eigenvalue weighted by Gasteiger charge is -2.32. The van der Waals surface area contributed by atoms with Crippen molar-refractivity contribution in [1.29, 1.82) is 0 Å². The number of carbonyl (C=O) groups excluding carboxylic acids is 1. The summed E-state index contributed by atoms with van der Waals surface area (Å²) in [6.45, 7) is 1.48. The van der Waals surface area contributed by atoms with Gasteiger partial charge in [0.15, 0.2) is 0 Å². The molecule has 4 nitrogen and oxygen atoms in total. The summed E-state index contributed by atoms with van der Waals surface area (Å²) in [6, 6.07) is 7.26. The Bertz CT molecular complexity index is 407. The molecule has 18 heavy (non-hydrogen) atoms. The lowest BCUT2D eigenvalue weighted by molar-refractivity contribution is -0.139. The Morgan fingerprint density at radius 3 is 2.83 bits per heavy atom. The van der Waals surface area contributed by atoms with Crippen LogP contribution >= 0.6 is 11.6 Å². The number of hydrogen-bond acceptors (Lipinski definition) is 3. The minimum atomic E-state index is -0.257. The first-order valence-electron chi connectivity index (χ1n) is 5.93. The first-order chi connectivity index (χ1) is 8.69. The number of carbonyl (C=O) groups is 1. The Hall–Kier alpha value is -1.10. The quantitative estimate of drug-likeness (QED) is 0.894. The van der Waals surface area contributed by atoms with E-state index in [1.165, 1.54) is 0 Å². The Kier molecular flexibility index (Phi) is 4.58. The molecule has 1 aromatic rings. The number of rotatable bonds is 3. The van der Waals surface area contributed by atoms with Crippen molar-refractivity contribution in [2.45, 2.75) is 12.5 Å². The molecule has 1 aliphatic rings. The molecule has 0 aromatic heterocycles. The van der Waals surface area contributed by atoms with Crippen molar-refractivity contribution in [3.05, 3.63) is 34.9 Å². The van der Waals surface area contributed by atoms with E-state index in [0.29, 0.717) is 31.1 Å². The van der Waals surface area contributed by atoms with Gasteiger partial charge in [0.1, 0.15) is 0 Å². The highest BCUT2D eigenvalue weighted by Gasteiger charge is 2.23. The molecule has 0 aliphatic carbocycles. The van der Waals surface area contributed by atoms with Crippen LogP contribution in [0, 0.1) is 0 Å². The maximum absolute atomic E-state index is 12.1. The van der Waals surface area contributed by atoms with Crippen molar-refractivity contribution in [3.8, 4) is 0 Å². The summed E-state index contributed by atoms with van der Waals surface area (Å²) >= 11 is 5.80. The molecule has 1 aromatic carbocycles. The van der Waals surface area contributed by atoms with Crippen LogP contribution in [0.2, 0.25) is 5.02 Å². The number of hydrogen-bond donors (Lipinski definition) is 1. The van der Waals surface area contributed by atoms with Gasteiger partial charge in [0.2, 0.25) is 5.91 Å². The molecule has 1 heterocycles. The molecule has 1 aliphatic heterocycles. The van der Waals surface area contributed by atoms with Gasteiger partial charge >= 0.3 is 0 Å². The van der Waals surface area contributed by atoms with Crippen molar-refractivity contribution < 1.29 is 14.6 Å². The van der Waals surface area contributed by atoms with E-state index in [-0.39, 0.29) is 18.6 Å². The Morgan fingerprint density at radius 1 is 1.44 bits per heavy atom. The molecule has 0 saturated carbocycles. The minimum Gasteiger partial charge on any atom is -0.394 e. The molecule has 1 N–H and O–H groups in total. The lowest BCUT2D eigenvalue weighted by Crippen LogP contribution is -2.47. The normalized spacial score (nSPS) is 19.9. The third-order valence-corrected chi connectivity index (χ3v) is 3.22. The van der Waals surface area contributed by atoms with Crippen LogP contribution in [0.25, 0.3) is 0 Å². The molecular formula is C13H16ClNO3. The van der Waals surface area contributed by atoms with Crippen LogP contribution in [-0.2, 0) is 16.0 Å². The number of aliphatic hydroxyl groups is 1. The fourth-order valence-electron chi connectivity index (χ4n) is 1.95. The average molecular weight is 270 g/mol. The molecule has 1 unspecified atom stereocenters. The van der Waals surface area contributed by atoms with Crippen molar-refractivity contribution >= 4 is 17.5 Å². The maximum Gasteiger partial charge on any atom is 0.227 e. The second-order valence-corrected chi connectivity index (χ2v) is 4.75. The van der Waals surface area contributed by atoms with Gasteiger partial charge in [-0.2, -0.15) is 0 Å². The van der Waals surface area contributed by atoms with Gasteiger partial charge in [-0.3, -0.25) is 4.79 Å². The molecule has 1 amide bonds. The van der Waals surface area contributed by atoms with Gasteiger partial charge in [-0.25, -0.2) is 0 Å². The number of nitrogens with zero attached hydrogens (tertiary/aromatic N) is 1. The van der Waals surface area contributed by atoms with E-state index in [4.69, 9.17) is 21.4 Å². The first-order valence-corrected chi connectivity index (χ1v) is 6.31. The topological polar surface area (TPSA) is 49.8 Å². The van der Waals surface area contributed by atoms with E-state index >= 15 is 0 Å². The average Bonchev–Trinajstić information content (AvgIpc) is 2.41. The Labute approximate surface area is 111 Å². The van der Waals surface area contributed by atoms with Crippen LogP contribution in [-0.4, -0.2) is 48.3 Å². The van der Waals surface area contributed by atoms with Gasteiger partial charge in [0, 0.05) is 18.1 Å². The Balaban J connectivity index is 1.93. The van der Waals surface area contributed by atoms with Gasteiger partial charge < -0.3 is 14.7 Å². The Morgan fingerprint density at radius 2 is 2.17 bits per heavy atom. The van der Waals surface area contributed by atoms with Gasteiger partial charge in [-0.05, 0) is 17.7 Å². The molecule has 1 fully saturated rings. The van der Waals surface area contributed by atoms with Crippen molar-refractivity contribution in [2.75, 3.05) is 26.3 Å². The summed E-state index contributed by atoms with van der Waals surface area (Å²) in [4.78, 5) is 13.8. The minimum absolute atomic E-state index is 0.0509. The standard InChI is InChI=1S/C13H16ClNO3/c14-11-3-1-10(2-4-11)7-13(17)15-5-6-18-12(8-15)9-16/h1-4,12,16H,5-9H2. The van der Waals surface area contributed by atoms with E-state index in [1.807, 2.05) is 12.1 Å². The van der Waals surface area contributed by atoms with Gasteiger partial charge in [-0.15, -0.1) is 0 Å². The number of aliphatic hydroxyl groups excluding tert-OH is 1. The largest absolute Gasteiger partial charge is 0.394 e. The zero-order valence-corrected chi connectivity index (χ0v) is 10.8. The molecule has 0 spiro atoms. The number of amides is 1. The lowest BCUT2D eigenvalue weighted by atomic mass is 10.1. The van der Waals surface area contributed by atoms with E-state index in [2.05, 4.69) is 0 Å². The van der Waals surface area contributed by atoms with Gasteiger partial charge in [0.25, 0.3) is 0 Å². The van der Waals surface area contributed by atoms with Crippen LogP contribution in [0.3, 0.4) is 0 Å². The molecule has 0 bridgehead atoms. The van der Waals surface area contributed by atoms with Crippen LogP contribution in [0.4, 0.5) is 0 Å². The predicted octanol–water partition coefficient (Wildman–Crippen LogP) is 1.10. The van der Waals surface area contributed by atoms with E-state index < -0.39 is 0 Å². The number of morpholine rings is 1. The second kappa shape index (κ2) is 6.18. The summed E-state index contributed by atoms with van der Waals surface area (Å²) in [7, 11) is 0. The SMILES string of the molecule is O=C(Cc1ccc(Cl)cc1)N1CCOC(CO)C1. The molecule has 98 valence electrons. The number of ether oxygens (including phenoxy) is 1. The van der Waals surface area contributed by atoms with E-state index in [1.54, 1.807) is 17.0 Å². The van der Waals surface area contributed by atoms with Crippen molar-refractivity contribution in [1.82, 2.24) is 4.90 Å². The smallest absolute Gasteiger partial charge is 0.227 e. The highest BCUT2D eigenvalue weighted by atomic mass is 35.5. The first kappa shape index (κ1) is 13.3. The highest BCUT2D eigenvalue weighted by Crippen LogP contribution is 2.12. The van der Waals surface area contributed by atoms with Crippen molar-refractivity contribution in [2.24, 2.45) is 0 Å². The fourth-order valence-corrected chi connectivity index (χ4v) is 2.07. The summed E-state index contributed by atoms with van der Waals surface area (Å²) in [5.41, 5.74) is 0.941. The van der Waals surface area contributed by atoms with Gasteiger partial charge in [-0.1, -0.05) is 23.7 Å². The van der Waals surface area contributed by atoms with Crippen LogP contribution < -0.4 is 0 Å². The summed E-state index contributed by atoms with van der Waals surface area (Å²) in [5, 5.41) is 9.70. The zero-order valence-electron chi connectivity index (χ0n) is 10.0. The number of benzene rings is 1. The van der Waals surface area contributed by atoms with E-state index in [0.717, 1.165) is 5.56 Å². The van der Waals surface area contributed by atoms with E-state index in [9.17, 15) is 4.79 Å². The van der Waals surface area contributed by atoms with Crippen molar-refractivity contribution in [3.63, 3.8) is 0 Å². The summed E-state index contributed by atoms with van der Waals surface area (Å²) in [6.07, 6.45) is 0.0999. The maximum atomic E-state index is 12.1. The molecule has 2 rings (SSSR count). The molecule has 5 heteroatoms. The van der Waals surface area contributed by atoms with Crippen LogP contribution in [0.1, 0.15) is 5.56 Å². The predicted molar refractivity (Wildman–Crippen MR) is 68.6 cm³/mol. The highest BCUT2D eigenvalue weighted by molar-refractivity contribution is 6.30. The van der Waals surface area contributed by atoms with Crippen LogP contribution in [0.15, 0.2) is 24.3 Å². The van der Waals surface area contributed by atoms with Crippen LogP contribution in [0.5, 0.6) is 0 Å². The fraction of sp³-hybridized carbons (Fsp3) is 0.462. The molecule has 1 atom stereocenters. The van der Waals surface area contributed by atoms with Gasteiger partial charge in [0.05, 0.1) is 25.7 Å². The third kappa shape index (κ3) is 3.45. The second-order valence-electron chi connectivity index (χ2n) is 4.32. The molecular weight excluding hydrogens is 254 g/mol. The summed E-state index contributed by atoms with van der Waals surface area (Å²) < 4.78 is 5.31. The molecule has 1 saturated heterocycles. The third-order valence-electron chi connectivity index (χ3n) is 2.96. The zero-order chi connectivity index (χ0) is 13.0.